The third-order valence-corrected chi connectivity index (χ3v) is 3.83. The molecular weight excluding hydrogens is 272 g/mol. The smallest absolute Gasteiger partial charge is 0.323 e. The van der Waals surface area contributed by atoms with Crippen LogP contribution in [0.2, 0.25) is 0 Å². The van der Waals surface area contributed by atoms with Crippen molar-refractivity contribution < 1.29 is 12.6 Å². The van der Waals surface area contributed by atoms with Gasteiger partial charge in [-0.1, -0.05) is 42.5 Å². The molecule has 0 unspecified atom stereocenters. The minimum atomic E-state index is -3.68. The van der Waals surface area contributed by atoms with Crippen molar-refractivity contribution >= 4 is 21.7 Å². The normalized spacial score (nSPS) is 11.2. The summed E-state index contributed by atoms with van der Waals surface area (Å²) in [5.41, 5.74) is 2.05. The lowest BCUT2D eigenvalue weighted by Crippen LogP contribution is -2.09. The Morgan fingerprint density at radius 3 is 2.00 bits per heavy atom. The largest absolute Gasteiger partial charge is 0.382 e. The first-order valence-corrected chi connectivity index (χ1v) is 7.35. The van der Waals surface area contributed by atoms with Crippen LogP contribution < -0.4 is 4.18 Å². The van der Waals surface area contributed by atoms with E-state index >= 15 is 0 Å². The molecule has 0 amide bonds. The highest BCUT2D eigenvalue weighted by molar-refractivity contribution is 7.88. The van der Waals surface area contributed by atoms with Gasteiger partial charge in [0.1, 0.15) is 5.75 Å². The lowest BCUT2D eigenvalue weighted by molar-refractivity contribution is 0.491. The zero-order valence-electron chi connectivity index (χ0n) is 9.41. The predicted octanol–water partition coefficient (Wildman–Crippen LogP) is 3.26. The van der Waals surface area contributed by atoms with Crippen molar-refractivity contribution in [2.75, 3.05) is 5.21 Å². The van der Waals surface area contributed by atoms with E-state index < -0.39 is 15.3 Å². The Hall–Kier alpha value is -1.52. The zero-order valence-corrected chi connectivity index (χ0v) is 11.0. The van der Waals surface area contributed by atoms with E-state index in [0.717, 1.165) is 11.1 Å². The van der Waals surface area contributed by atoms with Gasteiger partial charge in [-0.2, -0.15) is 8.42 Å². The van der Waals surface area contributed by atoms with Crippen LogP contribution in [0, 0.1) is 0 Å². The van der Waals surface area contributed by atoms with Crippen molar-refractivity contribution in [2.24, 2.45) is 0 Å². The Morgan fingerprint density at radius 1 is 0.889 bits per heavy atom. The van der Waals surface area contributed by atoms with Crippen LogP contribution in [-0.4, -0.2) is 13.6 Å². The van der Waals surface area contributed by atoms with E-state index in [-0.39, 0.29) is 5.75 Å². The van der Waals surface area contributed by atoms with Crippen LogP contribution in [-0.2, 0) is 10.1 Å². The summed E-state index contributed by atoms with van der Waals surface area (Å²) in [7, 11) is -3.68. The van der Waals surface area contributed by atoms with Crippen LogP contribution in [0.25, 0.3) is 11.1 Å². The Morgan fingerprint density at radius 2 is 1.44 bits per heavy atom. The highest BCUT2D eigenvalue weighted by Crippen LogP contribution is 2.22. The molecule has 2 aromatic rings. The maximum atomic E-state index is 11.2. The van der Waals surface area contributed by atoms with Gasteiger partial charge in [0.2, 0.25) is 0 Å². The molecule has 0 saturated carbocycles. The molecule has 0 aromatic heterocycles. The summed E-state index contributed by atoms with van der Waals surface area (Å²) in [6, 6.07) is 16.6. The molecule has 0 aliphatic carbocycles. The molecule has 0 heterocycles. The van der Waals surface area contributed by atoms with Crippen LogP contribution in [0.4, 0.5) is 0 Å². The summed E-state index contributed by atoms with van der Waals surface area (Å²) < 4.78 is 27.1. The fourth-order valence-electron chi connectivity index (χ4n) is 1.50. The van der Waals surface area contributed by atoms with Crippen LogP contribution in [0.5, 0.6) is 5.75 Å². The molecule has 94 valence electrons. The van der Waals surface area contributed by atoms with Crippen molar-refractivity contribution in [1.82, 2.24) is 0 Å². The first-order chi connectivity index (χ1) is 8.61. The maximum absolute atomic E-state index is 11.2. The van der Waals surface area contributed by atoms with Crippen molar-refractivity contribution in [1.29, 1.82) is 0 Å². The topological polar surface area (TPSA) is 43.4 Å². The fourth-order valence-corrected chi connectivity index (χ4v) is 2.08. The molecule has 0 aliphatic rings. The van der Waals surface area contributed by atoms with Gasteiger partial charge in [-0.15, -0.1) is 11.6 Å². The van der Waals surface area contributed by atoms with Gasteiger partial charge in [-0.05, 0) is 23.3 Å². The molecule has 0 fully saturated rings. The number of halogens is 1. The van der Waals surface area contributed by atoms with Crippen molar-refractivity contribution in [2.45, 2.75) is 0 Å². The molecule has 5 heteroatoms. The molecule has 3 nitrogen and oxygen atoms in total. The van der Waals surface area contributed by atoms with Gasteiger partial charge in [0.25, 0.3) is 0 Å². The van der Waals surface area contributed by atoms with E-state index in [1.54, 1.807) is 24.3 Å². The summed E-state index contributed by atoms with van der Waals surface area (Å²) in [4.78, 5) is 0. The van der Waals surface area contributed by atoms with Crippen molar-refractivity contribution in [3.63, 3.8) is 0 Å². The third kappa shape index (κ3) is 3.24. The average Bonchev–Trinajstić information content (AvgIpc) is 2.40. The second-order valence-electron chi connectivity index (χ2n) is 3.64. The van der Waals surface area contributed by atoms with Crippen molar-refractivity contribution in [3.8, 4) is 16.9 Å². The predicted molar refractivity (Wildman–Crippen MR) is 72.1 cm³/mol. The summed E-state index contributed by atoms with van der Waals surface area (Å²) >= 11 is 5.26. The SMILES string of the molecule is O=S(=O)(CCl)Oc1ccc(-c2ccccc2)cc1. The first kappa shape index (κ1) is 12.9. The van der Waals surface area contributed by atoms with E-state index in [2.05, 4.69) is 0 Å². The van der Waals surface area contributed by atoms with Gasteiger partial charge < -0.3 is 4.18 Å². The second kappa shape index (κ2) is 5.42. The van der Waals surface area contributed by atoms with Gasteiger partial charge in [-0.25, -0.2) is 0 Å². The van der Waals surface area contributed by atoms with E-state index in [0.29, 0.717) is 0 Å². The van der Waals surface area contributed by atoms with Crippen LogP contribution in [0.3, 0.4) is 0 Å². The Kier molecular flexibility index (Phi) is 3.89. The highest BCUT2D eigenvalue weighted by Gasteiger charge is 2.10. The molecule has 18 heavy (non-hydrogen) atoms. The molecular formula is C13H11ClO3S. The van der Waals surface area contributed by atoms with E-state index in [4.69, 9.17) is 15.8 Å². The number of hydrogen-bond acceptors (Lipinski definition) is 3. The van der Waals surface area contributed by atoms with Gasteiger partial charge in [0, 0.05) is 0 Å². The van der Waals surface area contributed by atoms with Crippen LogP contribution in [0.15, 0.2) is 54.6 Å². The molecule has 0 saturated heterocycles. The second-order valence-corrected chi connectivity index (χ2v) is 5.80. The highest BCUT2D eigenvalue weighted by atomic mass is 35.5. The van der Waals surface area contributed by atoms with Gasteiger partial charge >= 0.3 is 10.1 Å². The Labute approximate surface area is 111 Å². The Balaban J connectivity index is 2.21. The summed E-state index contributed by atoms with van der Waals surface area (Å²) in [6.45, 7) is 0. The quantitative estimate of drug-likeness (QED) is 0.638. The summed E-state index contributed by atoms with van der Waals surface area (Å²) in [5.74, 6) is 0.260. The minimum absolute atomic E-state index is 0.260. The molecule has 0 aliphatic heterocycles. The molecule has 2 aromatic carbocycles. The lowest BCUT2D eigenvalue weighted by atomic mass is 10.1. The lowest BCUT2D eigenvalue weighted by Gasteiger charge is -2.05. The molecule has 0 atom stereocenters. The molecule has 0 bridgehead atoms. The van der Waals surface area contributed by atoms with E-state index in [9.17, 15) is 8.42 Å². The fraction of sp³-hybridized carbons (Fsp3) is 0.0769. The number of alkyl halides is 1. The zero-order chi connectivity index (χ0) is 13.0. The maximum Gasteiger partial charge on any atom is 0.323 e. The van der Waals surface area contributed by atoms with E-state index in [1.807, 2.05) is 30.3 Å². The number of hydrogen-bond donors (Lipinski definition) is 0. The first-order valence-electron chi connectivity index (χ1n) is 5.24. The summed E-state index contributed by atoms with van der Waals surface area (Å²) in [5, 5.41) is -0.562. The van der Waals surface area contributed by atoms with Gasteiger partial charge in [0.15, 0.2) is 5.21 Å². The monoisotopic (exact) mass is 282 g/mol. The summed E-state index contributed by atoms with van der Waals surface area (Å²) in [6.07, 6.45) is 0. The molecule has 2 rings (SSSR count). The van der Waals surface area contributed by atoms with Gasteiger partial charge in [-0.3, -0.25) is 0 Å². The van der Waals surface area contributed by atoms with Gasteiger partial charge in [0.05, 0.1) is 0 Å². The van der Waals surface area contributed by atoms with E-state index in [1.165, 1.54) is 0 Å². The average molecular weight is 283 g/mol. The number of benzene rings is 2. The minimum Gasteiger partial charge on any atom is -0.382 e. The number of rotatable bonds is 4. The third-order valence-electron chi connectivity index (χ3n) is 2.32. The van der Waals surface area contributed by atoms with Crippen molar-refractivity contribution in [3.05, 3.63) is 54.6 Å². The van der Waals surface area contributed by atoms with Crippen LogP contribution >= 0.6 is 11.6 Å². The molecule has 0 spiro atoms. The Bertz CT molecular complexity index is 606. The molecule has 0 radical (unpaired) electrons. The molecule has 0 N–H and O–H groups in total. The van der Waals surface area contributed by atoms with Crippen LogP contribution in [0.1, 0.15) is 0 Å². The standard InChI is InChI=1S/C13H11ClO3S/c14-10-18(15,16)17-13-8-6-12(7-9-13)11-4-2-1-3-5-11/h1-9H,10H2.